The highest BCUT2D eigenvalue weighted by atomic mass is 19.1. The van der Waals surface area contributed by atoms with Gasteiger partial charge in [-0.05, 0) is 29.3 Å². The second-order valence-corrected chi connectivity index (χ2v) is 9.45. The summed E-state index contributed by atoms with van der Waals surface area (Å²) in [7, 11) is 0. The first-order chi connectivity index (χ1) is 21.1. The zero-order chi connectivity index (χ0) is 30.1. The molecule has 4 rings (SSSR count). The molecule has 0 atom stereocenters. The van der Waals surface area contributed by atoms with E-state index in [1.165, 1.54) is 6.07 Å². The van der Waals surface area contributed by atoms with Crippen LogP contribution in [0.3, 0.4) is 0 Å². The summed E-state index contributed by atoms with van der Waals surface area (Å²) in [6, 6.07) is 23.8. The van der Waals surface area contributed by atoms with Gasteiger partial charge >= 0.3 is 0 Å². The smallest absolute Gasteiger partial charge is 0.233 e. The van der Waals surface area contributed by atoms with Crippen molar-refractivity contribution in [2.45, 2.75) is 19.5 Å². The van der Waals surface area contributed by atoms with Gasteiger partial charge in [-0.25, -0.2) is 4.39 Å². The minimum absolute atomic E-state index is 0.0964. The zero-order valence-corrected chi connectivity index (χ0v) is 23.9. The molecular weight excluding hydrogens is 551 g/mol. The van der Waals surface area contributed by atoms with Crippen molar-refractivity contribution in [1.29, 1.82) is 0 Å². The maximum atomic E-state index is 14.1. The molecule has 11 nitrogen and oxygen atoms in total. The number of anilines is 4. The first-order valence-electron chi connectivity index (χ1n) is 14.1. The van der Waals surface area contributed by atoms with E-state index in [-0.39, 0.29) is 30.6 Å². The Hall–Kier alpha value is -4.65. The van der Waals surface area contributed by atoms with Gasteiger partial charge in [-0.2, -0.15) is 15.0 Å². The van der Waals surface area contributed by atoms with Crippen LogP contribution in [-0.2, 0) is 33.8 Å². The number of halogens is 1. The number of ether oxygens (including phenoxy) is 2. The van der Waals surface area contributed by atoms with Crippen molar-refractivity contribution >= 4 is 29.4 Å². The molecule has 0 saturated heterocycles. The zero-order valence-electron chi connectivity index (χ0n) is 23.9. The average Bonchev–Trinajstić information content (AvgIpc) is 3.02. The Morgan fingerprint density at radius 1 is 0.721 bits per heavy atom. The molecule has 6 N–H and O–H groups in total. The highest BCUT2D eigenvalue weighted by molar-refractivity contribution is 5.78. The van der Waals surface area contributed by atoms with E-state index in [4.69, 9.17) is 15.2 Å². The van der Waals surface area contributed by atoms with Crippen LogP contribution in [0.4, 0.5) is 27.9 Å². The molecule has 0 radical (unpaired) electrons. The molecule has 0 aliphatic carbocycles. The van der Waals surface area contributed by atoms with E-state index in [9.17, 15) is 9.18 Å². The first-order valence-corrected chi connectivity index (χ1v) is 14.1. The minimum Gasteiger partial charge on any atom is -0.378 e. The van der Waals surface area contributed by atoms with Gasteiger partial charge in [-0.3, -0.25) is 4.79 Å². The normalized spacial score (nSPS) is 10.7. The number of nitrogens with zero attached hydrogens (tertiary/aromatic N) is 3. The Morgan fingerprint density at radius 2 is 1.37 bits per heavy atom. The quantitative estimate of drug-likeness (QED) is 0.109. The van der Waals surface area contributed by atoms with Crippen LogP contribution < -0.4 is 27.0 Å². The molecule has 1 aromatic heterocycles. The Balaban J connectivity index is 1.32. The number of nitrogens with two attached hydrogens (primary N) is 1. The predicted molar refractivity (Wildman–Crippen MR) is 164 cm³/mol. The number of aromatic nitrogens is 3. The summed E-state index contributed by atoms with van der Waals surface area (Å²) in [5.41, 5.74) is 8.51. The van der Waals surface area contributed by atoms with E-state index in [1.807, 2.05) is 54.6 Å². The number of hydrogen-bond acceptors (Lipinski definition) is 10. The average molecular weight is 589 g/mol. The number of hydrogen-bond donors (Lipinski definition) is 5. The monoisotopic (exact) mass is 588 g/mol. The topological polar surface area (TPSA) is 148 Å². The lowest BCUT2D eigenvalue weighted by Gasteiger charge is -2.12. The van der Waals surface area contributed by atoms with Gasteiger partial charge < -0.3 is 36.5 Å². The van der Waals surface area contributed by atoms with Crippen molar-refractivity contribution in [3.8, 4) is 0 Å². The third-order valence-corrected chi connectivity index (χ3v) is 6.10. The lowest BCUT2D eigenvalue weighted by molar-refractivity contribution is -0.120. The lowest BCUT2D eigenvalue weighted by Crippen LogP contribution is -2.29. The van der Waals surface area contributed by atoms with Crippen molar-refractivity contribution in [3.05, 3.63) is 101 Å². The van der Waals surface area contributed by atoms with E-state index in [1.54, 1.807) is 18.2 Å². The fraction of sp³-hybridized carbons (Fsp3) is 0.290. The van der Waals surface area contributed by atoms with Crippen molar-refractivity contribution < 1.29 is 18.7 Å². The molecule has 43 heavy (non-hydrogen) atoms. The van der Waals surface area contributed by atoms with Crippen molar-refractivity contribution in [1.82, 2.24) is 20.3 Å². The van der Waals surface area contributed by atoms with Crippen LogP contribution in [0.5, 0.6) is 0 Å². The van der Waals surface area contributed by atoms with E-state index < -0.39 is 0 Å². The molecule has 0 aliphatic heterocycles. The largest absolute Gasteiger partial charge is 0.378 e. The van der Waals surface area contributed by atoms with Crippen molar-refractivity contribution in [2.75, 3.05) is 55.5 Å². The number of amides is 1. The maximum Gasteiger partial charge on any atom is 0.233 e. The second kappa shape index (κ2) is 17.3. The molecule has 4 aromatic rings. The van der Waals surface area contributed by atoms with Gasteiger partial charge in [0, 0.05) is 37.4 Å². The van der Waals surface area contributed by atoms with Crippen LogP contribution in [0.1, 0.15) is 16.7 Å². The highest BCUT2D eigenvalue weighted by Gasteiger charge is 2.10. The molecule has 12 heteroatoms. The second-order valence-electron chi connectivity index (χ2n) is 9.45. The van der Waals surface area contributed by atoms with E-state index in [0.717, 1.165) is 16.8 Å². The Kier molecular flexibility index (Phi) is 12.6. The number of carbonyl (C=O) groups is 1. The molecule has 3 aromatic carbocycles. The summed E-state index contributed by atoms with van der Waals surface area (Å²) in [6.07, 6.45) is 0.239. The van der Waals surface area contributed by atoms with Crippen molar-refractivity contribution in [2.24, 2.45) is 5.73 Å². The summed E-state index contributed by atoms with van der Waals surface area (Å²) in [4.78, 5) is 25.7. The minimum atomic E-state index is -0.309. The van der Waals surface area contributed by atoms with Crippen LogP contribution in [0.25, 0.3) is 0 Å². The number of rotatable bonds is 18. The number of benzene rings is 3. The summed E-state index contributed by atoms with van der Waals surface area (Å²) in [5, 5.41) is 12.3. The van der Waals surface area contributed by atoms with Gasteiger partial charge in [-0.1, -0.05) is 60.7 Å². The Morgan fingerprint density at radius 3 is 2.09 bits per heavy atom. The van der Waals surface area contributed by atoms with E-state index in [0.29, 0.717) is 63.5 Å². The van der Waals surface area contributed by atoms with Crippen LogP contribution in [0, 0.1) is 5.82 Å². The third-order valence-electron chi connectivity index (χ3n) is 6.10. The number of carbonyl (C=O) groups excluding carboxylic acids is 1. The van der Waals surface area contributed by atoms with Gasteiger partial charge in [0.15, 0.2) is 0 Å². The molecule has 0 saturated carbocycles. The molecule has 0 bridgehead atoms. The van der Waals surface area contributed by atoms with Gasteiger partial charge in [0.05, 0.1) is 32.8 Å². The van der Waals surface area contributed by atoms with Gasteiger partial charge in [0.25, 0.3) is 0 Å². The Bertz CT molecular complexity index is 1410. The molecule has 0 unspecified atom stereocenters. The van der Waals surface area contributed by atoms with Crippen molar-refractivity contribution in [3.63, 3.8) is 0 Å². The standard InChI is InChI=1S/C31H37FN8O3/c32-27-9-5-4-8-25(27)22-36-30-38-29(35-21-24-6-2-1-3-7-24)39-31(40-30)37-26-12-10-23(11-13-26)20-28(41)34-15-17-43-19-18-42-16-14-33/h1-13H,14-22,33H2,(H,34,41)(H3,35,36,37,38,39,40). The fourth-order valence-corrected chi connectivity index (χ4v) is 3.93. The molecule has 1 heterocycles. The molecule has 1 amide bonds. The third kappa shape index (κ3) is 11.3. The SMILES string of the molecule is NCCOCCOCCNC(=O)Cc1ccc(Nc2nc(NCc3ccccc3)nc(NCc3ccccc3F)n2)cc1. The van der Waals surface area contributed by atoms with Gasteiger partial charge in [0.2, 0.25) is 23.8 Å². The Labute approximate surface area is 250 Å². The van der Waals surface area contributed by atoms with E-state index >= 15 is 0 Å². The molecule has 226 valence electrons. The fourth-order valence-electron chi connectivity index (χ4n) is 3.93. The molecular formula is C31H37FN8O3. The van der Waals surface area contributed by atoms with Crippen LogP contribution >= 0.6 is 0 Å². The summed E-state index contributed by atoms with van der Waals surface area (Å²) in [5.74, 6) is 0.548. The molecule has 0 spiro atoms. The van der Waals surface area contributed by atoms with Crippen LogP contribution in [-0.4, -0.2) is 60.4 Å². The highest BCUT2D eigenvalue weighted by Crippen LogP contribution is 2.18. The van der Waals surface area contributed by atoms with Crippen LogP contribution in [0.2, 0.25) is 0 Å². The lowest BCUT2D eigenvalue weighted by atomic mass is 10.1. The summed E-state index contributed by atoms with van der Waals surface area (Å²) >= 11 is 0. The predicted octanol–water partition coefficient (Wildman–Crippen LogP) is 3.63. The van der Waals surface area contributed by atoms with Crippen LogP contribution in [0.15, 0.2) is 78.9 Å². The summed E-state index contributed by atoms with van der Waals surface area (Å²) < 4.78 is 24.8. The molecule has 0 aliphatic rings. The van der Waals surface area contributed by atoms with Gasteiger partial charge in [0.1, 0.15) is 5.82 Å². The number of nitrogens with one attached hydrogen (secondary N) is 4. The molecule has 0 fully saturated rings. The van der Waals surface area contributed by atoms with E-state index in [2.05, 4.69) is 36.2 Å². The first kappa shape index (κ1) is 31.3. The summed E-state index contributed by atoms with van der Waals surface area (Å²) in [6.45, 7) is 3.48. The maximum absolute atomic E-state index is 14.1. The van der Waals surface area contributed by atoms with Gasteiger partial charge in [-0.15, -0.1) is 0 Å².